The van der Waals surface area contributed by atoms with E-state index in [4.69, 9.17) is 9.15 Å². The van der Waals surface area contributed by atoms with Crippen LogP contribution in [0.4, 0.5) is 17.6 Å². The predicted octanol–water partition coefficient (Wildman–Crippen LogP) is 3.45. The smallest absolute Gasteiger partial charge is 0.416 e. The third-order valence-electron chi connectivity index (χ3n) is 2.69. The van der Waals surface area contributed by atoms with Gasteiger partial charge in [0.1, 0.15) is 5.82 Å². The first kappa shape index (κ1) is 15.9. The summed E-state index contributed by atoms with van der Waals surface area (Å²) in [5.74, 6) is -2.19. The molecule has 118 valence electrons. The van der Waals surface area contributed by atoms with Crippen LogP contribution in [-0.2, 0) is 10.9 Å². The first-order chi connectivity index (χ1) is 10.2. The number of rotatable bonds is 3. The van der Waals surface area contributed by atoms with Gasteiger partial charge in [-0.3, -0.25) is 0 Å². The van der Waals surface area contributed by atoms with Crippen molar-refractivity contribution in [2.45, 2.75) is 26.1 Å². The van der Waals surface area contributed by atoms with E-state index in [1.165, 1.54) is 13.8 Å². The van der Waals surface area contributed by atoms with Crippen LogP contribution in [0.25, 0.3) is 0 Å². The lowest BCUT2D eigenvalue weighted by Crippen LogP contribution is -2.13. The lowest BCUT2D eigenvalue weighted by molar-refractivity contribution is -0.137. The van der Waals surface area contributed by atoms with Gasteiger partial charge >= 0.3 is 12.1 Å². The SMILES string of the molecule is Cc1nnc([C@H](C)OC(=O)c2cc(C(F)(F)F)ccc2F)o1. The van der Waals surface area contributed by atoms with Crippen molar-refractivity contribution in [3.8, 4) is 0 Å². The van der Waals surface area contributed by atoms with Crippen molar-refractivity contribution in [1.29, 1.82) is 0 Å². The van der Waals surface area contributed by atoms with E-state index in [9.17, 15) is 22.4 Å². The Bertz CT molecular complexity index is 697. The molecule has 0 aliphatic rings. The van der Waals surface area contributed by atoms with Crippen molar-refractivity contribution in [1.82, 2.24) is 10.2 Å². The number of hydrogen-bond donors (Lipinski definition) is 0. The monoisotopic (exact) mass is 318 g/mol. The van der Waals surface area contributed by atoms with Crippen LogP contribution in [0.5, 0.6) is 0 Å². The minimum absolute atomic E-state index is 0.0433. The number of ether oxygens (including phenoxy) is 1. The highest BCUT2D eigenvalue weighted by molar-refractivity contribution is 5.90. The minimum Gasteiger partial charge on any atom is -0.449 e. The van der Waals surface area contributed by atoms with Crippen LogP contribution < -0.4 is 0 Å². The van der Waals surface area contributed by atoms with Crippen molar-refractivity contribution >= 4 is 5.97 Å². The second-order valence-electron chi connectivity index (χ2n) is 4.40. The van der Waals surface area contributed by atoms with Crippen LogP contribution in [0, 0.1) is 12.7 Å². The number of aryl methyl sites for hydroxylation is 1. The van der Waals surface area contributed by atoms with E-state index < -0.39 is 35.2 Å². The first-order valence-corrected chi connectivity index (χ1v) is 6.06. The molecule has 0 aliphatic carbocycles. The summed E-state index contributed by atoms with van der Waals surface area (Å²) >= 11 is 0. The molecule has 0 N–H and O–H groups in total. The molecule has 0 fully saturated rings. The van der Waals surface area contributed by atoms with E-state index >= 15 is 0 Å². The number of carbonyl (C=O) groups is 1. The van der Waals surface area contributed by atoms with Crippen molar-refractivity contribution in [2.24, 2.45) is 0 Å². The molecule has 0 aliphatic heterocycles. The number of alkyl halides is 3. The highest BCUT2D eigenvalue weighted by atomic mass is 19.4. The lowest BCUT2D eigenvalue weighted by atomic mass is 10.1. The van der Waals surface area contributed by atoms with Crippen molar-refractivity contribution in [3.63, 3.8) is 0 Å². The summed E-state index contributed by atoms with van der Waals surface area (Å²) in [4.78, 5) is 11.8. The number of esters is 1. The van der Waals surface area contributed by atoms with Crippen molar-refractivity contribution in [2.75, 3.05) is 0 Å². The number of carbonyl (C=O) groups excluding carboxylic acids is 1. The van der Waals surface area contributed by atoms with Gasteiger partial charge in [0.25, 0.3) is 5.89 Å². The Morgan fingerprint density at radius 3 is 2.55 bits per heavy atom. The van der Waals surface area contributed by atoms with Crippen molar-refractivity contribution in [3.05, 3.63) is 46.9 Å². The summed E-state index contributed by atoms with van der Waals surface area (Å²) in [6, 6.07) is 1.49. The Morgan fingerprint density at radius 2 is 2.00 bits per heavy atom. The Balaban J connectivity index is 2.22. The number of hydrogen-bond acceptors (Lipinski definition) is 5. The maximum Gasteiger partial charge on any atom is 0.416 e. The minimum atomic E-state index is -4.70. The van der Waals surface area contributed by atoms with E-state index in [0.717, 1.165) is 0 Å². The Kier molecular flexibility index (Phi) is 4.16. The van der Waals surface area contributed by atoms with Crippen molar-refractivity contribution < 1.29 is 31.5 Å². The quantitative estimate of drug-likeness (QED) is 0.640. The standard InChI is InChI=1S/C13H10F4N2O3/c1-6(11-19-18-7(2)22-11)21-12(20)9-5-8(13(15,16)17)3-4-10(9)14/h3-6H,1-2H3/t6-/m0/s1. The van der Waals surface area contributed by atoms with Gasteiger partial charge in [0, 0.05) is 6.92 Å². The number of halogens is 4. The molecular formula is C13H10F4N2O3. The third-order valence-corrected chi connectivity index (χ3v) is 2.69. The Hall–Kier alpha value is -2.45. The van der Waals surface area contributed by atoms with Gasteiger partial charge in [-0.15, -0.1) is 10.2 Å². The molecule has 1 aromatic carbocycles. The van der Waals surface area contributed by atoms with E-state index in [2.05, 4.69) is 10.2 Å². The van der Waals surface area contributed by atoms with E-state index in [1.807, 2.05) is 0 Å². The molecular weight excluding hydrogens is 308 g/mol. The molecule has 9 heteroatoms. The zero-order valence-corrected chi connectivity index (χ0v) is 11.4. The highest BCUT2D eigenvalue weighted by Crippen LogP contribution is 2.31. The van der Waals surface area contributed by atoms with Gasteiger partial charge in [-0.25, -0.2) is 9.18 Å². The van der Waals surface area contributed by atoms with E-state index in [1.54, 1.807) is 0 Å². The fourth-order valence-corrected chi connectivity index (χ4v) is 1.61. The maximum atomic E-state index is 13.5. The second-order valence-corrected chi connectivity index (χ2v) is 4.40. The predicted molar refractivity (Wildman–Crippen MR) is 64.3 cm³/mol. The molecule has 22 heavy (non-hydrogen) atoms. The molecule has 2 rings (SSSR count). The fourth-order valence-electron chi connectivity index (χ4n) is 1.61. The van der Waals surface area contributed by atoms with Gasteiger partial charge in [-0.1, -0.05) is 0 Å². The molecule has 0 unspecified atom stereocenters. The summed E-state index contributed by atoms with van der Waals surface area (Å²) in [7, 11) is 0. The average Bonchev–Trinajstić information content (AvgIpc) is 2.84. The summed E-state index contributed by atoms with van der Waals surface area (Å²) in [5.41, 5.74) is -1.97. The molecule has 0 amide bonds. The molecule has 0 saturated heterocycles. The van der Waals surface area contributed by atoms with Gasteiger partial charge in [0.05, 0.1) is 11.1 Å². The van der Waals surface area contributed by atoms with Gasteiger partial charge in [-0.05, 0) is 25.1 Å². The summed E-state index contributed by atoms with van der Waals surface area (Å²) in [6.45, 7) is 2.88. The zero-order chi connectivity index (χ0) is 16.5. The third kappa shape index (κ3) is 3.41. The number of nitrogens with zero attached hydrogens (tertiary/aromatic N) is 2. The molecule has 1 atom stereocenters. The van der Waals surface area contributed by atoms with Crippen LogP contribution in [0.2, 0.25) is 0 Å². The number of aromatic nitrogens is 2. The molecule has 1 heterocycles. The summed E-state index contributed by atoms with van der Waals surface area (Å²) in [6.07, 6.45) is -5.72. The topological polar surface area (TPSA) is 65.2 Å². The van der Waals surface area contributed by atoms with Crippen LogP contribution in [0.1, 0.15) is 40.7 Å². The molecule has 0 bridgehead atoms. The average molecular weight is 318 g/mol. The number of benzene rings is 1. The van der Waals surface area contributed by atoms with Crippen LogP contribution in [-0.4, -0.2) is 16.2 Å². The van der Waals surface area contributed by atoms with Gasteiger partial charge < -0.3 is 9.15 Å². The van der Waals surface area contributed by atoms with Gasteiger partial charge in [0.2, 0.25) is 5.89 Å². The van der Waals surface area contributed by atoms with Crippen LogP contribution in [0.3, 0.4) is 0 Å². The van der Waals surface area contributed by atoms with E-state index in [0.29, 0.717) is 18.2 Å². The highest BCUT2D eigenvalue weighted by Gasteiger charge is 2.32. The normalized spacial score (nSPS) is 13.0. The fraction of sp³-hybridized carbons (Fsp3) is 0.308. The molecule has 0 radical (unpaired) electrons. The second kappa shape index (κ2) is 5.74. The summed E-state index contributed by atoms with van der Waals surface area (Å²) in [5, 5.41) is 7.12. The zero-order valence-electron chi connectivity index (χ0n) is 11.4. The van der Waals surface area contributed by atoms with E-state index in [-0.39, 0.29) is 11.8 Å². The van der Waals surface area contributed by atoms with Crippen LogP contribution >= 0.6 is 0 Å². The lowest BCUT2D eigenvalue weighted by Gasteiger charge is -2.12. The molecule has 1 aromatic heterocycles. The molecule has 0 saturated carbocycles. The van der Waals surface area contributed by atoms with Crippen LogP contribution in [0.15, 0.2) is 22.6 Å². The molecule has 2 aromatic rings. The summed E-state index contributed by atoms with van der Waals surface area (Å²) < 4.78 is 61.2. The largest absolute Gasteiger partial charge is 0.449 e. The molecule has 0 spiro atoms. The van der Waals surface area contributed by atoms with Gasteiger partial charge in [-0.2, -0.15) is 13.2 Å². The first-order valence-electron chi connectivity index (χ1n) is 6.06. The Labute approximate surface area is 121 Å². The molecule has 5 nitrogen and oxygen atoms in total. The maximum absolute atomic E-state index is 13.5. The Morgan fingerprint density at radius 1 is 1.32 bits per heavy atom. The van der Waals surface area contributed by atoms with Gasteiger partial charge in [0.15, 0.2) is 6.10 Å².